The standard InChI is InChI=1S/C8H9N3O2S/c9-3-6-14(12,13)11-7-8-1-4-10-5-2-8/h1-2,4-5,11H,6-7H2. The minimum absolute atomic E-state index is 0.187. The molecule has 1 rings (SSSR count). The Hall–Kier alpha value is -1.45. The van der Waals surface area contributed by atoms with E-state index in [9.17, 15) is 8.42 Å². The molecular weight excluding hydrogens is 202 g/mol. The molecule has 0 unspecified atom stereocenters. The first-order valence-corrected chi connectivity index (χ1v) is 5.52. The molecule has 0 saturated carbocycles. The van der Waals surface area contributed by atoms with Crippen molar-refractivity contribution in [2.45, 2.75) is 6.54 Å². The van der Waals surface area contributed by atoms with E-state index in [0.29, 0.717) is 0 Å². The van der Waals surface area contributed by atoms with Crippen molar-refractivity contribution < 1.29 is 8.42 Å². The Bertz CT molecular complexity index is 422. The van der Waals surface area contributed by atoms with Crippen LogP contribution < -0.4 is 4.72 Å². The van der Waals surface area contributed by atoms with Gasteiger partial charge >= 0.3 is 0 Å². The van der Waals surface area contributed by atoms with Crippen LogP contribution in [-0.4, -0.2) is 19.2 Å². The largest absolute Gasteiger partial charge is 0.265 e. The van der Waals surface area contributed by atoms with Gasteiger partial charge in [0.05, 0.1) is 6.07 Å². The summed E-state index contributed by atoms with van der Waals surface area (Å²) >= 11 is 0. The number of nitrogens with zero attached hydrogens (tertiary/aromatic N) is 2. The fourth-order valence-corrected chi connectivity index (χ4v) is 1.49. The molecule has 14 heavy (non-hydrogen) atoms. The van der Waals surface area contributed by atoms with E-state index >= 15 is 0 Å². The molecule has 0 radical (unpaired) electrons. The number of pyridine rings is 1. The average Bonchev–Trinajstić information content (AvgIpc) is 2.17. The maximum Gasteiger partial charge on any atom is 0.225 e. The van der Waals surface area contributed by atoms with E-state index in [0.717, 1.165) is 5.56 Å². The number of hydrogen-bond donors (Lipinski definition) is 1. The van der Waals surface area contributed by atoms with Gasteiger partial charge in [0.1, 0.15) is 0 Å². The van der Waals surface area contributed by atoms with Crippen LogP contribution in [0.5, 0.6) is 0 Å². The molecule has 1 aromatic heterocycles. The number of nitriles is 1. The van der Waals surface area contributed by atoms with Crippen LogP contribution in [0.3, 0.4) is 0 Å². The zero-order chi connectivity index (χ0) is 10.4. The third kappa shape index (κ3) is 3.51. The zero-order valence-electron chi connectivity index (χ0n) is 7.34. The maximum atomic E-state index is 11.1. The molecule has 0 bridgehead atoms. The highest BCUT2D eigenvalue weighted by molar-refractivity contribution is 7.89. The minimum Gasteiger partial charge on any atom is -0.265 e. The lowest BCUT2D eigenvalue weighted by molar-refractivity contribution is 0.585. The van der Waals surface area contributed by atoms with Crippen LogP contribution in [-0.2, 0) is 16.6 Å². The molecule has 1 N–H and O–H groups in total. The van der Waals surface area contributed by atoms with Crippen LogP contribution in [0.2, 0.25) is 0 Å². The fraction of sp³-hybridized carbons (Fsp3) is 0.250. The fourth-order valence-electron chi connectivity index (χ4n) is 0.830. The van der Waals surface area contributed by atoms with Crippen molar-refractivity contribution in [3.8, 4) is 6.07 Å². The third-order valence-corrected chi connectivity index (χ3v) is 2.59. The van der Waals surface area contributed by atoms with Crippen LogP contribution in [0.15, 0.2) is 24.5 Å². The van der Waals surface area contributed by atoms with Crippen LogP contribution in [0, 0.1) is 11.3 Å². The van der Waals surface area contributed by atoms with Crippen molar-refractivity contribution in [2.24, 2.45) is 0 Å². The van der Waals surface area contributed by atoms with Crippen molar-refractivity contribution >= 4 is 10.0 Å². The Balaban J connectivity index is 2.55. The van der Waals surface area contributed by atoms with Crippen molar-refractivity contribution in [3.63, 3.8) is 0 Å². The number of sulfonamides is 1. The monoisotopic (exact) mass is 211 g/mol. The van der Waals surface area contributed by atoms with E-state index in [1.165, 1.54) is 0 Å². The molecule has 0 saturated heterocycles. The van der Waals surface area contributed by atoms with Crippen LogP contribution >= 0.6 is 0 Å². The first-order chi connectivity index (χ1) is 6.64. The van der Waals surface area contributed by atoms with E-state index < -0.39 is 15.8 Å². The predicted molar refractivity (Wildman–Crippen MR) is 50.5 cm³/mol. The molecule has 5 nitrogen and oxygen atoms in total. The van der Waals surface area contributed by atoms with Crippen LogP contribution in [0.1, 0.15) is 5.56 Å². The van der Waals surface area contributed by atoms with Gasteiger partial charge in [-0.15, -0.1) is 0 Å². The average molecular weight is 211 g/mol. The van der Waals surface area contributed by atoms with E-state index in [-0.39, 0.29) is 6.54 Å². The molecule has 0 aliphatic heterocycles. The lowest BCUT2D eigenvalue weighted by Crippen LogP contribution is -2.25. The highest BCUT2D eigenvalue weighted by atomic mass is 32.2. The molecule has 0 aromatic carbocycles. The van der Waals surface area contributed by atoms with Crippen molar-refractivity contribution in [1.29, 1.82) is 5.26 Å². The van der Waals surface area contributed by atoms with Crippen LogP contribution in [0.4, 0.5) is 0 Å². The molecule has 1 heterocycles. The quantitative estimate of drug-likeness (QED) is 0.761. The molecule has 74 valence electrons. The summed E-state index contributed by atoms with van der Waals surface area (Å²) < 4.78 is 24.4. The second-order valence-corrected chi connectivity index (χ2v) is 4.40. The summed E-state index contributed by atoms with van der Waals surface area (Å²) in [6.07, 6.45) is 3.15. The summed E-state index contributed by atoms with van der Waals surface area (Å²) in [5, 5.41) is 8.22. The molecular formula is C8H9N3O2S. The summed E-state index contributed by atoms with van der Waals surface area (Å²) in [4.78, 5) is 3.80. The second-order valence-electron chi connectivity index (χ2n) is 2.59. The van der Waals surface area contributed by atoms with Gasteiger partial charge in [0.15, 0.2) is 5.75 Å². The minimum atomic E-state index is -3.46. The summed E-state index contributed by atoms with van der Waals surface area (Å²) in [6, 6.07) is 4.99. The Kier molecular flexibility index (Phi) is 3.56. The Morgan fingerprint density at radius 1 is 1.43 bits per heavy atom. The maximum absolute atomic E-state index is 11.1. The third-order valence-electron chi connectivity index (χ3n) is 1.50. The Morgan fingerprint density at radius 2 is 2.07 bits per heavy atom. The number of nitrogens with one attached hydrogen (secondary N) is 1. The zero-order valence-corrected chi connectivity index (χ0v) is 8.16. The van der Waals surface area contributed by atoms with Gasteiger partial charge in [-0.25, -0.2) is 13.1 Å². The first kappa shape index (κ1) is 10.6. The van der Waals surface area contributed by atoms with Gasteiger partial charge in [-0.1, -0.05) is 0 Å². The molecule has 0 spiro atoms. The van der Waals surface area contributed by atoms with Gasteiger partial charge in [0.25, 0.3) is 0 Å². The summed E-state index contributed by atoms with van der Waals surface area (Å²) in [5.74, 6) is -0.516. The number of aromatic nitrogens is 1. The van der Waals surface area contributed by atoms with Crippen LogP contribution in [0.25, 0.3) is 0 Å². The Morgan fingerprint density at radius 3 is 2.64 bits per heavy atom. The summed E-state index contributed by atoms with van der Waals surface area (Å²) in [6.45, 7) is 0.187. The lowest BCUT2D eigenvalue weighted by atomic mass is 10.3. The second kappa shape index (κ2) is 4.69. The number of rotatable bonds is 4. The molecule has 0 aliphatic carbocycles. The summed E-state index contributed by atoms with van der Waals surface area (Å²) in [5.41, 5.74) is 0.807. The lowest BCUT2D eigenvalue weighted by Gasteiger charge is -2.02. The highest BCUT2D eigenvalue weighted by Gasteiger charge is 2.07. The molecule has 6 heteroatoms. The van der Waals surface area contributed by atoms with Crippen molar-refractivity contribution in [1.82, 2.24) is 9.71 Å². The molecule has 0 aliphatic rings. The number of hydrogen-bond acceptors (Lipinski definition) is 4. The van der Waals surface area contributed by atoms with Gasteiger partial charge in [0, 0.05) is 18.9 Å². The molecule has 0 atom stereocenters. The van der Waals surface area contributed by atoms with Gasteiger partial charge in [-0.2, -0.15) is 5.26 Å². The first-order valence-electron chi connectivity index (χ1n) is 3.87. The molecule has 0 fully saturated rings. The smallest absolute Gasteiger partial charge is 0.225 e. The van der Waals surface area contributed by atoms with Crippen molar-refractivity contribution in [3.05, 3.63) is 30.1 Å². The van der Waals surface area contributed by atoms with E-state index in [1.807, 2.05) is 0 Å². The normalized spacial score (nSPS) is 10.8. The van der Waals surface area contributed by atoms with E-state index in [1.54, 1.807) is 30.6 Å². The topological polar surface area (TPSA) is 82.8 Å². The SMILES string of the molecule is N#CCS(=O)(=O)NCc1ccncc1. The summed E-state index contributed by atoms with van der Waals surface area (Å²) in [7, 11) is -3.46. The molecule has 0 amide bonds. The highest BCUT2D eigenvalue weighted by Crippen LogP contribution is 1.96. The van der Waals surface area contributed by atoms with E-state index in [4.69, 9.17) is 5.26 Å². The van der Waals surface area contributed by atoms with E-state index in [2.05, 4.69) is 9.71 Å². The van der Waals surface area contributed by atoms with Gasteiger partial charge in [0.2, 0.25) is 10.0 Å². The van der Waals surface area contributed by atoms with Gasteiger partial charge in [-0.3, -0.25) is 4.98 Å². The Labute approximate surface area is 82.4 Å². The predicted octanol–water partition coefficient (Wildman–Crippen LogP) is 0.0246. The van der Waals surface area contributed by atoms with Crippen molar-refractivity contribution in [2.75, 3.05) is 5.75 Å². The van der Waals surface area contributed by atoms with Gasteiger partial charge in [-0.05, 0) is 17.7 Å². The molecule has 1 aromatic rings. The van der Waals surface area contributed by atoms with Gasteiger partial charge < -0.3 is 0 Å².